The number of para-hydroxylation sites is 3. The Kier molecular flexibility index (Phi) is 7.53. The summed E-state index contributed by atoms with van der Waals surface area (Å²) < 4.78 is 2.41. The normalized spacial score (nSPS) is 11.2. The van der Waals surface area contributed by atoms with Crippen LogP contribution in [0.25, 0.3) is 60.9 Å². The van der Waals surface area contributed by atoms with Crippen LogP contribution in [0.2, 0.25) is 0 Å². The van der Waals surface area contributed by atoms with Gasteiger partial charge in [0.05, 0.1) is 11.0 Å². The molecule has 9 rings (SSSR count). The predicted molar refractivity (Wildman–Crippen MR) is 212 cm³/mol. The highest BCUT2D eigenvalue weighted by molar-refractivity contribution is 6.13. The van der Waals surface area contributed by atoms with E-state index in [2.05, 4.69) is 216 Å². The highest BCUT2D eigenvalue weighted by Gasteiger charge is 2.18. The Balaban J connectivity index is 1.15. The summed E-state index contributed by atoms with van der Waals surface area (Å²) >= 11 is 0. The molecule has 0 saturated carbocycles. The Hall–Kier alpha value is -6.64. The van der Waals surface area contributed by atoms with Crippen molar-refractivity contribution in [1.82, 2.24) is 4.57 Å². The van der Waals surface area contributed by atoms with Crippen LogP contribution in [0, 0.1) is 0 Å². The number of hydrogen-bond acceptors (Lipinski definition) is 1. The lowest BCUT2D eigenvalue weighted by Gasteiger charge is -2.26. The van der Waals surface area contributed by atoms with Crippen LogP contribution in [-0.2, 0) is 0 Å². The number of nitrogens with zero attached hydrogens (tertiary/aromatic N) is 2. The fourth-order valence-corrected chi connectivity index (χ4v) is 7.20. The highest BCUT2D eigenvalue weighted by Crippen LogP contribution is 2.41. The van der Waals surface area contributed by atoms with Crippen molar-refractivity contribution in [2.75, 3.05) is 4.90 Å². The number of anilines is 3. The van der Waals surface area contributed by atoms with E-state index in [9.17, 15) is 0 Å². The molecule has 0 unspecified atom stereocenters. The lowest BCUT2D eigenvalue weighted by atomic mass is 10.0. The van der Waals surface area contributed by atoms with E-state index < -0.39 is 0 Å². The van der Waals surface area contributed by atoms with Gasteiger partial charge in [0.25, 0.3) is 0 Å². The van der Waals surface area contributed by atoms with Crippen molar-refractivity contribution in [3.05, 3.63) is 206 Å². The first-order valence-electron chi connectivity index (χ1n) is 17.1. The molecular weight excluding hydrogens is 605 g/mol. The Bertz CT molecular complexity index is 2450. The average Bonchev–Trinajstić information content (AvgIpc) is 3.55. The summed E-state index contributed by atoms with van der Waals surface area (Å²) in [6.07, 6.45) is 0. The Morgan fingerprint density at radius 2 is 0.720 bits per heavy atom. The third kappa shape index (κ3) is 5.34. The number of aromatic nitrogens is 1. The van der Waals surface area contributed by atoms with Crippen molar-refractivity contribution in [3.63, 3.8) is 0 Å². The minimum absolute atomic E-state index is 1.10. The van der Waals surface area contributed by atoms with Crippen LogP contribution in [0.15, 0.2) is 206 Å². The van der Waals surface area contributed by atoms with Crippen molar-refractivity contribution in [2.24, 2.45) is 0 Å². The van der Waals surface area contributed by atoms with Gasteiger partial charge >= 0.3 is 0 Å². The molecule has 0 aliphatic carbocycles. The maximum atomic E-state index is 2.41. The maximum Gasteiger partial charge on any atom is 0.0619 e. The lowest BCUT2D eigenvalue weighted by molar-refractivity contribution is 1.18. The second-order valence-electron chi connectivity index (χ2n) is 12.6. The second-order valence-corrected chi connectivity index (χ2v) is 12.6. The molecule has 0 aliphatic heterocycles. The molecule has 0 aliphatic rings. The molecule has 2 heteroatoms. The van der Waals surface area contributed by atoms with Crippen LogP contribution in [0.1, 0.15) is 0 Å². The van der Waals surface area contributed by atoms with Gasteiger partial charge < -0.3 is 9.47 Å². The van der Waals surface area contributed by atoms with Crippen LogP contribution in [0.4, 0.5) is 17.1 Å². The summed E-state index contributed by atoms with van der Waals surface area (Å²) in [7, 11) is 0. The summed E-state index contributed by atoms with van der Waals surface area (Å²) in [4.78, 5) is 2.34. The topological polar surface area (TPSA) is 8.17 Å². The molecule has 0 spiro atoms. The van der Waals surface area contributed by atoms with E-state index in [1.165, 1.54) is 55.2 Å². The first-order valence-corrected chi connectivity index (χ1v) is 17.1. The molecule has 0 radical (unpaired) electrons. The van der Waals surface area contributed by atoms with E-state index in [0.29, 0.717) is 0 Å². The molecule has 8 aromatic carbocycles. The largest absolute Gasteiger partial charge is 0.311 e. The van der Waals surface area contributed by atoms with Gasteiger partial charge in [-0.15, -0.1) is 0 Å². The molecule has 9 aromatic rings. The van der Waals surface area contributed by atoms with E-state index >= 15 is 0 Å². The van der Waals surface area contributed by atoms with Crippen molar-refractivity contribution >= 4 is 38.9 Å². The quantitative estimate of drug-likeness (QED) is 0.169. The molecule has 0 N–H and O–H groups in total. The van der Waals surface area contributed by atoms with Gasteiger partial charge in [0.1, 0.15) is 0 Å². The van der Waals surface area contributed by atoms with Crippen LogP contribution in [0.3, 0.4) is 0 Å². The molecule has 236 valence electrons. The van der Waals surface area contributed by atoms with Crippen molar-refractivity contribution in [3.8, 4) is 39.1 Å². The van der Waals surface area contributed by atoms with Gasteiger partial charge in [-0.25, -0.2) is 0 Å². The molecule has 0 atom stereocenters. The van der Waals surface area contributed by atoms with Crippen molar-refractivity contribution < 1.29 is 0 Å². The Morgan fingerprint density at radius 1 is 0.300 bits per heavy atom. The third-order valence-corrected chi connectivity index (χ3v) is 9.61. The SMILES string of the molecule is c1ccc(-c2ccc(N(c3ccc(-c4ccccc4)cc3)c3ccc(-c4cccc5c6ccccc6n(-c6ccccc6)c45)cc3)cc2)cc1. The van der Waals surface area contributed by atoms with Gasteiger partial charge in [-0.05, 0) is 82.4 Å². The predicted octanol–water partition coefficient (Wildman–Crippen LogP) is 13.3. The maximum absolute atomic E-state index is 2.41. The Morgan fingerprint density at radius 3 is 1.26 bits per heavy atom. The van der Waals surface area contributed by atoms with E-state index in [-0.39, 0.29) is 0 Å². The first-order chi connectivity index (χ1) is 24.8. The molecule has 1 aromatic heterocycles. The van der Waals surface area contributed by atoms with Gasteiger partial charge in [-0.2, -0.15) is 0 Å². The molecular formula is C48H34N2. The lowest BCUT2D eigenvalue weighted by Crippen LogP contribution is -2.09. The average molecular weight is 639 g/mol. The number of benzene rings is 8. The summed E-state index contributed by atoms with van der Waals surface area (Å²) in [5.41, 5.74) is 14.1. The molecule has 1 heterocycles. The molecule has 0 bridgehead atoms. The molecule has 0 amide bonds. The number of fused-ring (bicyclic) bond motifs is 3. The highest BCUT2D eigenvalue weighted by atomic mass is 15.1. The van der Waals surface area contributed by atoms with Crippen LogP contribution in [-0.4, -0.2) is 4.57 Å². The third-order valence-electron chi connectivity index (χ3n) is 9.61. The van der Waals surface area contributed by atoms with E-state index in [4.69, 9.17) is 0 Å². The zero-order valence-corrected chi connectivity index (χ0v) is 27.5. The van der Waals surface area contributed by atoms with Crippen LogP contribution >= 0.6 is 0 Å². The van der Waals surface area contributed by atoms with Crippen LogP contribution < -0.4 is 4.90 Å². The van der Waals surface area contributed by atoms with E-state index in [1.807, 2.05) is 0 Å². The smallest absolute Gasteiger partial charge is 0.0619 e. The zero-order chi connectivity index (χ0) is 33.3. The second kappa shape index (κ2) is 12.8. The summed E-state index contributed by atoms with van der Waals surface area (Å²) in [5, 5.41) is 2.51. The molecule has 2 nitrogen and oxygen atoms in total. The van der Waals surface area contributed by atoms with Gasteiger partial charge in [-0.3, -0.25) is 0 Å². The number of rotatable bonds is 7. The summed E-state index contributed by atoms with van der Waals surface area (Å²) in [5.74, 6) is 0. The fourth-order valence-electron chi connectivity index (χ4n) is 7.20. The number of hydrogen-bond donors (Lipinski definition) is 0. The summed E-state index contributed by atoms with van der Waals surface area (Å²) in [6, 6.07) is 74.0. The van der Waals surface area contributed by atoms with Crippen molar-refractivity contribution in [1.29, 1.82) is 0 Å². The van der Waals surface area contributed by atoms with Gasteiger partial charge in [0.15, 0.2) is 0 Å². The first kappa shape index (κ1) is 29.5. The van der Waals surface area contributed by atoms with Gasteiger partial charge in [-0.1, -0.05) is 152 Å². The molecule has 0 fully saturated rings. The monoisotopic (exact) mass is 638 g/mol. The van der Waals surface area contributed by atoms with E-state index in [1.54, 1.807) is 0 Å². The summed E-state index contributed by atoms with van der Waals surface area (Å²) in [6.45, 7) is 0. The Labute approximate surface area is 292 Å². The van der Waals surface area contributed by atoms with Gasteiger partial charge in [0, 0.05) is 39.1 Å². The minimum Gasteiger partial charge on any atom is -0.311 e. The van der Waals surface area contributed by atoms with Crippen molar-refractivity contribution in [2.45, 2.75) is 0 Å². The minimum atomic E-state index is 1.10. The zero-order valence-electron chi connectivity index (χ0n) is 27.5. The van der Waals surface area contributed by atoms with E-state index in [0.717, 1.165) is 22.7 Å². The van der Waals surface area contributed by atoms with Gasteiger partial charge in [0.2, 0.25) is 0 Å². The van der Waals surface area contributed by atoms with Crippen LogP contribution in [0.5, 0.6) is 0 Å². The standard InChI is InChI=1S/C48H34N2/c1-4-13-35(14-5-1)37-23-29-41(30-24-37)49(42-31-25-38(26-32-42)36-15-6-2-7-16-36)43-33-27-39(28-34-43)44-20-12-21-46-45-19-10-11-22-47(45)50(48(44)46)40-17-8-3-9-18-40/h1-34H. The molecule has 50 heavy (non-hydrogen) atoms. The molecule has 0 saturated heterocycles. The fraction of sp³-hybridized carbons (Fsp3) is 0.